The molecule has 0 saturated heterocycles. The van der Waals surface area contributed by atoms with Gasteiger partial charge in [-0.2, -0.15) is 0 Å². The molecule has 0 saturated carbocycles. The summed E-state index contributed by atoms with van der Waals surface area (Å²) < 4.78 is 3.18. The van der Waals surface area contributed by atoms with Gasteiger partial charge in [-0.1, -0.05) is 12.1 Å². The largest absolute Gasteiger partial charge is 0.328 e. The summed E-state index contributed by atoms with van der Waals surface area (Å²) in [7, 11) is 1.72. The summed E-state index contributed by atoms with van der Waals surface area (Å²) in [4.78, 5) is 24.0. The van der Waals surface area contributed by atoms with Crippen molar-refractivity contribution in [3.05, 3.63) is 34.7 Å². The van der Waals surface area contributed by atoms with Crippen LogP contribution in [0.15, 0.2) is 29.1 Å². The van der Waals surface area contributed by atoms with Gasteiger partial charge in [0.05, 0.1) is 16.4 Å². The number of hydrazine groups is 1. The number of rotatable bonds is 3. The number of para-hydroxylation sites is 2. The van der Waals surface area contributed by atoms with E-state index in [2.05, 4.69) is 5.43 Å². The Morgan fingerprint density at radius 2 is 1.89 bits per heavy atom. The molecule has 6 nitrogen and oxygen atoms in total. The highest BCUT2D eigenvalue weighted by atomic mass is 16.2. The number of nitrogens with one attached hydrogen (secondary N) is 1. The third-order valence-electron chi connectivity index (χ3n) is 3.35. The van der Waals surface area contributed by atoms with E-state index in [1.807, 2.05) is 24.3 Å². The second-order valence-electron chi connectivity index (χ2n) is 5.27. The van der Waals surface area contributed by atoms with E-state index < -0.39 is 5.41 Å². The predicted molar refractivity (Wildman–Crippen MR) is 73.3 cm³/mol. The van der Waals surface area contributed by atoms with Gasteiger partial charge in [-0.25, -0.2) is 10.6 Å². The molecule has 0 fully saturated rings. The molecule has 6 heteroatoms. The number of hydrogen-bond acceptors (Lipinski definition) is 3. The van der Waals surface area contributed by atoms with Crippen molar-refractivity contribution in [2.75, 3.05) is 0 Å². The van der Waals surface area contributed by atoms with Crippen LogP contribution < -0.4 is 17.0 Å². The number of aromatic nitrogens is 2. The van der Waals surface area contributed by atoms with Crippen LogP contribution in [0.25, 0.3) is 11.0 Å². The van der Waals surface area contributed by atoms with Gasteiger partial charge in [-0.3, -0.25) is 19.4 Å². The normalized spacial score (nSPS) is 11.8. The Balaban J connectivity index is 2.55. The molecule has 0 bridgehead atoms. The number of carbonyl (C=O) groups is 1. The lowest BCUT2D eigenvalue weighted by molar-refractivity contribution is -0.130. The SMILES string of the molecule is Cn1c(=O)n(CC(C)(C)C(=O)NN)c2ccccc21. The molecule has 1 heterocycles. The summed E-state index contributed by atoms with van der Waals surface area (Å²) in [5.41, 5.74) is 2.89. The zero-order valence-electron chi connectivity index (χ0n) is 11.3. The van der Waals surface area contributed by atoms with Crippen molar-refractivity contribution in [2.24, 2.45) is 18.3 Å². The molecular weight excluding hydrogens is 244 g/mol. The second-order valence-corrected chi connectivity index (χ2v) is 5.27. The fraction of sp³-hybridized carbons (Fsp3) is 0.385. The Bertz CT molecular complexity index is 681. The zero-order chi connectivity index (χ0) is 14.2. The van der Waals surface area contributed by atoms with Crippen molar-refractivity contribution in [3.8, 4) is 0 Å². The van der Waals surface area contributed by atoms with Gasteiger partial charge < -0.3 is 0 Å². The van der Waals surface area contributed by atoms with Crippen LogP contribution in [0.3, 0.4) is 0 Å². The number of aryl methyl sites for hydroxylation is 1. The zero-order valence-corrected chi connectivity index (χ0v) is 11.3. The van der Waals surface area contributed by atoms with Gasteiger partial charge in [-0.15, -0.1) is 0 Å². The van der Waals surface area contributed by atoms with E-state index in [4.69, 9.17) is 5.84 Å². The maximum atomic E-state index is 12.2. The highest BCUT2D eigenvalue weighted by Crippen LogP contribution is 2.20. The van der Waals surface area contributed by atoms with Crippen molar-refractivity contribution in [1.82, 2.24) is 14.6 Å². The maximum absolute atomic E-state index is 12.2. The van der Waals surface area contributed by atoms with Gasteiger partial charge in [0.25, 0.3) is 0 Å². The van der Waals surface area contributed by atoms with Crippen LogP contribution in [0.1, 0.15) is 13.8 Å². The third-order valence-corrected chi connectivity index (χ3v) is 3.35. The minimum absolute atomic E-state index is 0.140. The van der Waals surface area contributed by atoms with E-state index in [9.17, 15) is 9.59 Å². The summed E-state index contributed by atoms with van der Waals surface area (Å²) in [6.07, 6.45) is 0. The predicted octanol–water partition coefficient (Wildman–Crippen LogP) is 0.356. The average molecular weight is 262 g/mol. The molecule has 0 aliphatic rings. The first-order valence-electron chi connectivity index (χ1n) is 6.04. The van der Waals surface area contributed by atoms with E-state index in [0.29, 0.717) is 0 Å². The van der Waals surface area contributed by atoms with Gasteiger partial charge in [0.2, 0.25) is 5.91 Å². The summed E-state index contributed by atoms with van der Waals surface area (Å²) in [5, 5.41) is 0. The summed E-state index contributed by atoms with van der Waals surface area (Å²) in [6.45, 7) is 3.78. The lowest BCUT2D eigenvalue weighted by Crippen LogP contribution is -2.44. The van der Waals surface area contributed by atoms with Crippen LogP contribution in [0.4, 0.5) is 0 Å². The van der Waals surface area contributed by atoms with Gasteiger partial charge in [0.15, 0.2) is 0 Å². The Morgan fingerprint density at radius 1 is 1.32 bits per heavy atom. The van der Waals surface area contributed by atoms with Crippen molar-refractivity contribution in [1.29, 1.82) is 0 Å². The van der Waals surface area contributed by atoms with Crippen LogP contribution in [0.5, 0.6) is 0 Å². The van der Waals surface area contributed by atoms with E-state index >= 15 is 0 Å². The topological polar surface area (TPSA) is 82.0 Å². The molecule has 0 aliphatic carbocycles. The molecule has 0 radical (unpaired) electrons. The molecule has 1 aromatic carbocycles. The molecule has 1 aromatic heterocycles. The number of amides is 1. The van der Waals surface area contributed by atoms with Crippen LogP contribution in [0, 0.1) is 5.41 Å². The molecule has 0 unspecified atom stereocenters. The lowest BCUT2D eigenvalue weighted by Gasteiger charge is -2.22. The average Bonchev–Trinajstić information content (AvgIpc) is 2.63. The van der Waals surface area contributed by atoms with Crippen LogP contribution >= 0.6 is 0 Å². The van der Waals surface area contributed by atoms with Crippen LogP contribution in [-0.2, 0) is 18.4 Å². The van der Waals surface area contributed by atoms with Gasteiger partial charge in [-0.05, 0) is 26.0 Å². The summed E-state index contributed by atoms with van der Waals surface area (Å²) in [5.74, 6) is 4.88. The molecule has 2 aromatic rings. The summed E-state index contributed by atoms with van der Waals surface area (Å²) >= 11 is 0. The number of hydrogen-bond donors (Lipinski definition) is 2. The Hall–Kier alpha value is -2.08. The fourth-order valence-electron chi connectivity index (χ4n) is 2.18. The van der Waals surface area contributed by atoms with Crippen molar-refractivity contribution >= 4 is 16.9 Å². The quantitative estimate of drug-likeness (QED) is 0.476. The maximum Gasteiger partial charge on any atom is 0.328 e. The third kappa shape index (κ3) is 2.15. The molecule has 1 amide bonds. The fourth-order valence-corrected chi connectivity index (χ4v) is 2.18. The lowest BCUT2D eigenvalue weighted by atomic mass is 9.92. The van der Waals surface area contributed by atoms with E-state index in [1.54, 1.807) is 30.0 Å². The minimum atomic E-state index is -0.761. The number of imidazole rings is 1. The molecule has 0 atom stereocenters. The first-order valence-corrected chi connectivity index (χ1v) is 6.04. The molecular formula is C13H18N4O2. The van der Waals surface area contributed by atoms with Gasteiger partial charge in [0.1, 0.15) is 0 Å². The van der Waals surface area contributed by atoms with E-state index in [-0.39, 0.29) is 18.1 Å². The van der Waals surface area contributed by atoms with Gasteiger partial charge in [0, 0.05) is 13.6 Å². The smallest absolute Gasteiger partial charge is 0.295 e. The number of nitrogens with zero attached hydrogens (tertiary/aromatic N) is 2. The Kier molecular flexibility index (Phi) is 3.20. The van der Waals surface area contributed by atoms with Crippen molar-refractivity contribution < 1.29 is 4.79 Å². The van der Waals surface area contributed by atoms with E-state index in [0.717, 1.165) is 11.0 Å². The Morgan fingerprint density at radius 3 is 2.47 bits per heavy atom. The molecule has 19 heavy (non-hydrogen) atoms. The number of nitrogens with two attached hydrogens (primary N) is 1. The monoisotopic (exact) mass is 262 g/mol. The van der Waals surface area contributed by atoms with Crippen LogP contribution in [0.2, 0.25) is 0 Å². The first-order chi connectivity index (χ1) is 8.88. The molecule has 0 aliphatic heterocycles. The molecule has 102 valence electrons. The Labute approximate surface area is 110 Å². The summed E-state index contributed by atoms with van der Waals surface area (Å²) in [6, 6.07) is 7.49. The standard InChI is InChI=1S/C13H18N4O2/c1-13(2,11(18)15-14)8-17-10-7-5-4-6-9(10)16(3)12(17)19/h4-7H,8,14H2,1-3H3,(H,15,18). The minimum Gasteiger partial charge on any atom is -0.295 e. The second kappa shape index (κ2) is 4.55. The van der Waals surface area contributed by atoms with Crippen molar-refractivity contribution in [3.63, 3.8) is 0 Å². The number of fused-ring (bicyclic) bond motifs is 1. The first kappa shape index (κ1) is 13.4. The van der Waals surface area contributed by atoms with Gasteiger partial charge >= 0.3 is 5.69 Å². The van der Waals surface area contributed by atoms with E-state index in [1.165, 1.54) is 0 Å². The highest BCUT2D eigenvalue weighted by Gasteiger charge is 2.29. The van der Waals surface area contributed by atoms with Crippen LogP contribution in [-0.4, -0.2) is 15.0 Å². The highest BCUT2D eigenvalue weighted by molar-refractivity contribution is 5.81. The molecule has 2 rings (SSSR count). The molecule has 3 N–H and O–H groups in total. The number of benzene rings is 1. The molecule has 0 spiro atoms. The van der Waals surface area contributed by atoms with Crippen molar-refractivity contribution in [2.45, 2.75) is 20.4 Å². The number of carbonyl (C=O) groups excluding carboxylic acids is 1.